The van der Waals surface area contributed by atoms with Gasteiger partial charge in [-0.25, -0.2) is 14.4 Å². The van der Waals surface area contributed by atoms with Crippen molar-refractivity contribution in [2.75, 3.05) is 11.1 Å². The Kier molecular flexibility index (Phi) is 5.76. The van der Waals surface area contributed by atoms with Crippen LogP contribution >= 0.6 is 11.3 Å². The van der Waals surface area contributed by atoms with Crippen LogP contribution in [0.25, 0.3) is 17.0 Å². The SMILES string of the molecule is Cc1nc2c(F)cccn2c1-c1csc(C2(c3ccc(C(=O)Nc4ccccc4N)cc3)CCCC2)n1. The summed E-state index contributed by atoms with van der Waals surface area (Å²) in [6.45, 7) is 1.89. The Labute approximate surface area is 218 Å². The maximum absolute atomic E-state index is 14.3. The quantitative estimate of drug-likeness (QED) is 0.260. The van der Waals surface area contributed by atoms with Gasteiger partial charge in [0.15, 0.2) is 11.5 Å². The molecule has 0 aliphatic heterocycles. The van der Waals surface area contributed by atoms with Gasteiger partial charge >= 0.3 is 0 Å². The summed E-state index contributed by atoms with van der Waals surface area (Å²) in [6, 6.07) is 18.2. The van der Waals surface area contributed by atoms with Gasteiger partial charge in [0.05, 0.1) is 22.8 Å². The molecule has 1 amide bonds. The summed E-state index contributed by atoms with van der Waals surface area (Å²) < 4.78 is 16.1. The summed E-state index contributed by atoms with van der Waals surface area (Å²) in [5, 5.41) is 5.98. The van der Waals surface area contributed by atoms with Gasteiger partial charge in [0.25, 0.3) is 5.91 Å². The fourth-order valence-electron chi connectivity index (χ4n) is 5.41. The molecule has 0 radical (unpaired) electrons. The normalized spacial score (nSPS) is 14.8. The van der Waals surface area contributed by atoms with Crippen molar-refractivity contribution in [2.45, 2.75) is 38.0 Å². The summed E-state index contributed by atoms with van der Waals surface area (Å²) >= 11 is 1.63. The van der Waals surface area contributed by atoms with Gasteiger partial charge in [-0.3, -0.25) is 9.20 Å². The molecule has 5 aromatic rings. The lowest BCUT2D eigenvalue weighted by molar-refractivity contribution is 0.102. The third-order valence-corrected chi connectivity index (χ3v) is 8.35. The monoisotopic (exact) mass is 511 g/mol. The molecule has 1 aliphatic rings. The molecule has 186 valence electrons. The van der Waals surface area contributed by atoms with Gasteiger partial charge in [-0.05, 0) is 61.7 Å². The fourth-order valence-corrected chi connectivity index (χ4v) is 6.50. The molecule has 6 nitrogen and oxygen atoms in total. The lowest BCUT2D eigenvalue weighted by Crippen LogP contribution is -2.24. The third kappa shape index (κ3) is 3.97. The number of thiazole rings is 1. The van der Waals surface area contributed by atoms with Gasteiger partial charge in [-0.2, -0.15) is 0 Å². The molecule has 2 aromatic carbocycles. The number of rotatable bonds is 5. The molecule has 0 saturated heterocycles. The standard InChI is InChI=1S/C29H26FN5OS/c1-18-25(35-16-6-7-21(30)26(35)32-18)24-17-37-28(34-24)29(14-4-5-15-29)20-12-10-19(11-13-20)27(36)33-23-9-3-2-8-22(23)31/h2-3,6-13,16-17H,4-5,14-15,31H2,1H3,(H,33,36). The second-order valence-corrected chi connectivity index (χ2v) is 10.4. The van der Waals surface area contributed by atoms with E-state index in [4.69, 9.17) is 10.7 Å². The average Bonchev–Trinajstić information content (AvgIpc) is 3.65. The first-order valence-electron chi connectivity index (χ1n) is 12.3. The minimum absolute atomic E-state index is 0.197. The van der Waals surface area contributed by atoms with Crippen LogP contribution in [0.3, 0.4) is 0 Å². The highest BCUT2D eigenvalue weighted by molar-refractivity contribution is 7.10. The highest BCUT2D eigenvalue weighted by Crippen LogP contribution is 2.48. The Morgan fingerprint density at radius 3 is 2.57 bits per heavy atom. The number of aryl methyl sites for hydroxylation is 1. The second kappa shape index (κ2) is 9.12. The number of hydrogen-bond acceptors (Lipinski definition) is 5. The van der Waals surface area contributed by atoms with E-state index in [1.54, 1.807) is 33.9 Å². The van der Waals surface area contributed by atoms with Crippen LogP contribution in [0.4, 0.5) is 15.8 Å². The number of anilines is 2. The van der Waals surface area contributed by atoms with Crippen LogP contribution < -0.4 is 11.1 Å². The zero-order chi connectivity index (χ0) is 25.6. The molecule has 0 atom stereocenters. The summed E-state index contributed by atoms with van der Waals surface area (Å²) in [4.78, 5) is 22.4. The van der Waals surface area contributed by atoms with Crippen LogP contribution in [0.5, 0.6) is 0 Å². The summed E-state index contributed by atoms with van der Waals surface area (Å²) in [5.41, 5.74) is 11.3. The number of carbonyl (C=O) groups is 1. The Morgan fingerprint density at radius 1 is 1.05 bits per heavy atom. The molecular formula is C29H26FN5OS. The number of nitrogens with one attached hydrogen (secondary N) is 1. The number of para-hydroxylation sites is 2. The highest BCUT2D eigenvalue weighted by Gasteiger charge is 2.40. The smallest absolute Gasteiger partial charge is 0.255 e. The van der Waals surface area contributed by atoms with Crippen LogP contribution in [-0.4, -0.2) is 20.3 Å². The van der Waals surface area contributed by atoms with E-state index in [0.29, 0.717) is 22.6 Å². The van der Waals surface area contributed by atoms with Gasteiger partial charge in [0.1, 0.15) is 10.7 Å². The maximum atomic E-state index is 14.3. The number of fused-ring (bicyclic) bond motifs is 1. The van der Waals surface area contributed by atoms with Crippen LogP contribution in [0.1, 0.15) is 52.3 Å². The number of nitrogens with zero attached hydrogens (tertiary/aromatic N) is 3. The van der Waals surface area contributed by atoms with Crippen molar-refractivity contribution in [1.82, 2.24) is 14.4 Å². The van der Waals surface area contributed by atoms with Crippen molar-refractivity contribution in [1.29, 1.82) is 0 Å². The first kappa shape index (κ1) is 23.4. The second-order valence-electron chi connectivity index (χ2n) is 9.54. The van der Waals surface area contributed by atoms with Crippen molar-refractivity contribution < 1.29 is 9.18 Å². The molecule has 0 bridgehead atoms. The number of hydrogen-bond donors (Lipinski definition) is 2. The van der Waals surface area contributed by atoms with E-state index in [9.17, 15) is 9.18 Å². The molecule has 1 saturated carbocycles. The lowest BCUT2D eigenvalue weighted by Gasteiger charge is -2.27. The van der Waals surface area contributed by atoms with Crippen molar-refractivity contribution in [3.63, 3.8) is 0 Å². The minimum Gasteiger partial charge on any atom is -0.397 e. The Balaban J connectivity index is 1.32. The van der Waals surface area contributed by atoms with Crippen molar-refractivity contribution in [3.05, 3.63) is 99.9 Å². The summed E-state index contributed by atoms with van der Waals surface area (Å²) in [5.74, 6) is -0.546. The third-order valence-electron chi connectivity index (χ3n) is 7.30. The van der Waals surface area contributed by atoms with Gasteiger partial charge < -0.3 is 11.1 Å². The Bertz CT molecular complexity index is 1620. The minimum atomic E-state index is -0.348. The van der Waals surface area contributed by atoms with E-state index in [2.05, 4.69) is 10.3 Å². The predicted octanol–water partition coefficient (Wildman–Crippen LogP) is 6.60. The number of amides is 1. The van der Waals surface area contributed by atoms with Crippen LogP contribution in [-0.2, 0) is 5.41 Å². The summed E-state index contributed by atoms with van der Waals surface area (Å²) in [7, 11) is 0. The Hall–Kier alpha value is -4.04. The van der Waals surface area contributed by atoms with Gasteiger partial charge in [-0.15, -0.1) is 11.3 Å². The molecule has 3 N–H and O–H groups in total. The van der Waals surface area contributed by atoms with E-state index < -0.39 is 0 Å². The maximum Gasteiger partial charge on any atom is 0.255 e. The number of aromatic nitrogens is 3. The number of benzene rings is 2. The van der Waals surface area contributed by atoms with Crippen LogP contribution in [0.2, 0.25) is 0 Å². The molecule has 3 heterocycles. The van der Waals surface area contributed by atoms with Crippen molar-refractivity contribution >= 4 is 34.3 Å². The number of nitrogen functional groups attached to an aromatic ring is 1. The van der Waals surface area contributed by atoms with Gasteiger partial charge in [0, 0.05) is 22.6 Å². The van der Waals surface area contributed by atoms with Crippen molar-refractivity contribution in [2.24, 2.45) is 0 Å². The first-order valence-corrected chi connectivity index (χ1v) is 13.2. The van der Waals surface area contributed by atoms with Crippen molar-refractivity contribution in [3.8, 4) is 11.4 Å². The zero-order valence-corrected chi connectivity index (χ0v) is 21.2. The largest absolute Gasteiger partial charge is 0.397 e. The van der Waals surface area contributed by atoms with Crippen LogP contribution in [0.15, 0.2) is 72.2 Å². The summed E-state index contributed by atoms with van der Waals surface area (Å²) in [6.07, 6.45) is 6.04. The van der Waals surface area contributed by atoms with E-state index in [1.807, 2.05) is 54.9 Å². The van der Waals surface area contributed by atoms with E-state index in [0.717, 1.165) is 53.3 Å². The molecule has 0 spiro atoms. The molecular weight excluding hydrogens is 485 g/mol. The number of pyridine rings is 1. The number of nitrogens with two attached hydrogens (primary N) is 1. The van der Waals surface area contributed by atoms with Crippen LogP contribution in [0, 0.1) is 12.7 Å². The highest BCUT2D eigenvalue weighted by atomic mass is 32.1. The number of carbonyl (C=O) groups excluding carboxylic acids is 1. The lowest BCUT2D eigenvalue weighted by atomic mass is 9.79. The molecule has 37 heavy (non-hydrogen) atoms. The van der Waals surface area contributed by atoms with E-state index in [1.165, 1.54) is 6.07 Å². The van der Waals surface area contributed by atoms with E-state index in [-0.39, 0.29) is 17.1 Å². The topological polar surface area (TPSA) is 85.3 Å². The van der Waals surface area contributed by atoms with E-state index >= 15 is 0 Å². The number of imidazole rings is 1. The molecule has 1 aliphatic carbocycles. The molecule has 6 rings (SSSR count). The molecule has 8 heteroatoms. The fraction of sp³-hybridized carbons (Fsp3) is 0.207. The van der Waals surface area contributed by atoms with Gasteiger partial charge in [0.2, 0.25) is 0 Å². The zero-order valence-electron chi connectivity index (χ0n) is 20.4. The average molecular weight is 512 g/mol. The van der Waals surface area contributed by atoms with Gasteiger partial charge in [-0.1, -0.05) is 37.1 Å². The Morgan fingerprint density at radius 2 is 1.81 bits per heavy atom. The first-order chi connectivity index (χ1) is 18.0. The predicted molar refractivity (Wildman–Crippen MR) is 145 cm³/mol. The molecule has 1 fully saturated rings. The molecule has 3 aromatic heterocycles. The number of halogens is 1. The molecule has 0 unspecified atom stereocenters.